The van der Waals surface area contributed by atoms with Gasteiger partial charge in [0.2, 0.25) is 5.82 Å². The molecule has 0 saturated carbocycles. The Morgan fingerprint density at radius 3 is 2.50 bits per heavy atom. The van der Waals surface area contributed by atoms with Gasteiger partial charge in [0.25, 0.3) is 5.91 Å². The van der Waals surface area contributed by atoms with Gasteiger partial charge in [0.1, 0.15) is 24.9 Å². The van der Waals surface area contributed by atoms with Gasteiger partial charge in [-0.15, -0.1) is 5.10 Å². The van der Waals surface area contributed by atoms with Crippen LogP contribution in [0.15, 0.2) is 42.5 Å². The number of carbonyl (C=O) groups is 1. The Morgan fingerprint density at radius 1 is 1.10 bits per heavy atom. The first-order chi connectivity index (χ1) is 14.4. The maximum Gasteiger partial charge on any atom is 0.291 e. The number of halogens is 1. The highest BCUT2D eigenvalue weighted by Gasteiger charge is 2.24. The molecule has 1 unspecified atom stereocenters. The number of amides is 1. The summed E-state index contributed by atoms with van der Waals surface area (Å²) in [6.45, 7) is 6.82. The van der Waals surface area contributed by atoms with Crippen molar-refractivity contribution in [3.8, 4) is 17.2 Å². The fraction of sp³-hybridized carbons (Fsp3) is 0.318. The van der Waals surface area contributed by atoms with Gasteiger partial charge >= 0.3 is 0 Å². The van der Waals surface area contributed by atoms with Crippen molar-refractivity contribution in [2.45, 2.75) is 26.8 Å². The van der Waals surface area contributed by atoms with Gasteiger partial charge < -0.3 is 14.8 Å². The summed E-state index contributed by atoms with van der Waals surface area (Å²) in [6, 6.07) is 11.3. The van der Waals surface area contributed by atoms with E-state index in [1.54, 1.807) is 19.1 Å². The minimum absolute atomic E-state index is 0.0556. The van der Waals surface area contributed by atoms with E-state index in [0.29, 0.717) is 36.2 Å². The summed E-state index contributed by atoms with van der Waals surface area (Å²) in [5.74, 6) is 1.37. The van der Waals surface area contributed by atoms with E-state index in [2.05, 4.69) is 15.4 Å². The first-order valence-corrected chi connectivity index (χ1v) is 9.82. The summed E-state index contributed by atoms with van der Waals surface area (Å²) in [5, 5.41) is 7.34. The molecule has 0 fully saturated rings. The molecule has 2 aromatic carbocycles. The molecule has 8 heteroatoms. The molecule has 1 aromatic heterocycles. The SMILES string of the molecule is Cc1nc(C(=O)NC(c2ccc3c(c2)OCCO3)C(C)C)nn1-c1ccc(F)cc1. The molecule has 0 aliphatic carbocycles. The number of hydrogen-bond acceptors (Lipinski definition) is 5. The van der Waals surface area contributed by atoms with Crippen LogP contribution in [0, 0.1) is 18.7 Å². The van der Waals surface area contributed by atoms with Crippen molar-refractivity contribution in [2.24, 2.45) is 5.92 Å². The van der Waals surface area contributed by atoms with Crippen molar-refractivity contribution >= 4 is 5.91 Å². The lowest BCUT2D eigenvalue weighted by atomic mass is 9.95. The molecule has 1 N–H and O–H groups in total. The van der Waals surface area contributed by atoms with Crippen molar-refractivity contribution in [3.63, 3.8) is 0 Å². The minimum Gasteiger partial charge on any atom is -0.486 e. The van der Waals surface area contributed by atoms with Gasteiger partial charge in [-0.1, -0.05) is 19.9 Å². The van der Waals surface area contributed by atoms with Crippen LogP contribution in [0.4, 0.5) is 4.39 Å². The predicted octanol–water partition coefficient (Wildman–Crippen LogP) is 3.61. The smallest absolute Gasteiger partial charge is 0.291 e. The Balaban J connectivity index is 1.57. The highest BCUT2D eigenvalue weighted by Crippen LogP contribution is 2.34. The quantitative estimate of drug-likeness (QED) is 0.695. The summed E-state index contributed by atoms with van der Waals surface area (Å²) in [5.41, 5.74) is 1.55. The molecule has 0 saturated heterocycles. The molecule has 2 heterocycles. The molecule has 7 nitrogen and oxygen atoms in total. The largest absolute Gasteiger partial charge is 0.486 e. The maximum absolute atomic E-state index is 13.2. The van der Waals surface area contributed by atoms with E-state index >= 15 is 0 Å². The molecular weight excluding hydrogens is 387 g/mol. The third-order valence-corrected chi connectivity index (χ3v) is 4.92. The number of hydrogen-bond donors (Lipinski definition) is 1. The van der Waals surface area contributed by atoms with Crippen LogP contribution in [0.1, 0.15) is 41.9 Å². The monoisotopic (exact) mass is 410 g/mol. The lowest BCUT2D eigenvalue weighted by Gasteiger charge is -2.25. The van der Waals surface area contributed by atoms with Crippen molar-refractivity contribution < 1.29 is 18.7 Å². The Hall–Kier alpha value is -3.42. The summed E-state index contributed by atoms with van der Waals surface area (Å²) >= 11 is 0. The van der Waals surface area contributed by atoms with Crippen LogP contribution in [-0.2, 0) is 0 Å². The van der Waals surface area contributed by atoms with Crippen molar-refractivity contribution in [1.82, 2.24) is 20.1 Å². The average molecular weight is 410 g/mol. The van der Waals surface area contributed by atoms with E-state index in [-0.39, 0.29) is 29.5 Å². The number of aromatic nitrogens is 3. The van der Waals surface area contributed by atoms with Crippen LogP contribution < -0.4 is 14.8 Å². The lowest BCUT2D eigenvalue weighted by Crippen LogP contribution is -2.32. The second-order valence-electron chi connectivity index (χ2n) is 7.47. The molecule has 30 heavy (non-hydrogen) atoms. The summed E-state index contributed by atoms with van der Waals surface area (Å²) in [7, 11) is 0. The van der Waals surface area contributed by atoms with Gasteiger partial charge in [-0.05, 0) is 54.8 Å². The van der Waals surface area contributed by atoms with Gasteiger partial charge in [-0.2, -0.15) is 0 Å². The summed E-state index contributed by atoms with van der Waals surface area (Å²) in [4.78, 5) is 17.2. The molecule has 3 aromatic rings. The Bertz CT molecular complexity index is 1060. The second kappa shape index (κ2) is 8.14. The number of rotatable bonds is 5. The molecule has 156 valence electrons. The zero-order valence-corrected chi connectivity index (χ0v) is 17.1. The first kappa shape index (κ1) is 19.9. The lowest BCUT2D eigenvalue weighted by molar-refractivity contribution is 0.0914. The average Bonchev–Trinajstić information content (AvgIpc) is 3.13. The van der Waals surface area contributed by atoms with Crippen molar-refractivity contribution in [1.29, 1.82) is 0 Å². The van der Waals surface area contributed by atoms with Gasteiger partial charge in [-0.25, -0.2) is 14.1 Å². The fourth-order valence-electron chi connectivity index (χ4n) is 3.41. The summed E-state index contributed by atoms with van der Waals surface area (Å²) in [6.07, 6.45) is 0. The number of carbonyl (C=O) groups excluding carboxylic acids is 1. The number of nitrogens with zero attached hydrogens (tertiary/aromatic N) is 3. The second-order valence-corrected chi connectivity index (χ2v) is 7.47. The Labute approximate surface area is 173 Å². The highest BCUT2D eigenvalue weighted by molar-refractivity contribution is 5.90. The van der Waals surface area contributed by atoms with Crippen LogP contribution in [0.5, 0.6) is 11.5 Å². The first-order valence-electron chi connectivity index (χ1n) is 9.82. The van der Waals surface area contributed by atoms with E-state index in [1.165, 1.54) is 16.8 Å². The molecule has 1 atom stereocenters. The number of fused-ring (bicyclic) bond motifs is 1. The standard InChI is InChI=1S/C22H23FN4O3/c1-13(2)20(15-4-9-18-19(12-15)30-11-10-29-18)25-22(28)21-24-14(3)27(26-21)17-7-5-16(23)6-8-17/h4-9,12-13,20H,10-11H2,1-3H3,(H,25,28). The van der Waals surface area contributed by atoms with Crippen LogP contribution >= 0.6 is 0 Å². The van der Waals surface area contributed by atoms with E-state index < -0.39 is 0 Å². The van der Waals surface area contributed by atoms with Crippen LogP contribution in [0.2, 0.25) is 0 Å². The van der Waals surface area contributed by atoms with Crippen LogP contribution in [-0.4, -0.2) is 33.9 Å². The maximum atomic E-state index is 13.2. The third-order valence-electron chi connectivity index (χ3n) is 4.92. The number of ether oxygens (including phenoxy) is 2. The molecule has 0 spiro atoms. The van der Waals surface area contributed by atoms with Gasteiger partial charge in [-0.3, -0.25) is 4.79 Å². The number of nitrogens with one attached hydrogen (secondary N) is 1. The third kappa shape index (κ3) is 3.98. The van der Waals surface area contributed by atoms with Crippen LogP contribution in [0.25, 0.3) is 5.69 Å². The van der Waals surface area contributed by atoms with Crippen molar-refractivity contribution in [3.05, 3.63) is 65.5 Å². The van der Waals surface area contributed by atoms with Gasteiger partial charge in [0.05, 0.1) is 11.7 Å². The topological polar surface area (TPSA) is 78.3 Å². The fourth-order valence-corrected chi connectivity index (χ4v) is 3.41. The molecule has 1 aliphatic heterocycles. The molecule has 0 radical (unpaired) electrons. The molecule has 1 aliphatic rings. The normalized spacial score (nSPS) is 13.9. The number of benzene rings is 2. The van der Waals surface area contributed by atoms with E-state index in [0.717, 1.165) is 5.56 Å². The highest BCUT2D eigenvalue weighted by atomic mass is 19.1. The van der Waals surface area contributed by atoms with Crippen LogP contribution in [0.3, 0.4) is 0 Å². The number of aryl methyl sites for hydroxylation is 1. The van der Waals surface area contributed by atoms with Crippen molar-refractivity contribution in [2.75, 3.05) is 13.2 Å². The van der Waals surface area contributed by atoms with E-state index in [4.69, 9.17) is 9.47 Å². The Kier molecular flexibility index (Phi) is 5.39. The summed E-state index contributed by atoms with van der Waals surface area (Å²) < 4.78 is 26.0. The molecule has 0 bridgehead atoms. The predicted molar refractivity (Wildman–Crippen MR) is 109 cm³/mol. The molecular formula is C22H23FN4O3. The molecule has 1 amide bonds. The molecule has 4 rings (SSSR count). The zero-order chi connectivity index (χ0) is 21.3. The van der Waals surface area contributed by atoms with Gasteiger partial charge in [0, 0.05) is 0 Å². The Morgan fingerprint density at radius 2 is 1.80 bits per heavy atom. The minimum atomic E-state index is -0.382. The van der Waals surface area contributed by atoms with E-state index in [9.17, 15) is 9.18 Å². The van der Waals surface area contributed by atoms with Gasteiger partial charge in [0.15, 0.2) is 11.5 Å². The van der Waals surface area contributed by atoms with E-state index in [1.807, 2.05) is 32.0 Å². The zero-order valence-electron chi connectivity index (χ0n) is 17.1.